The number of likely N-dealkylation sites (N-methyl/N-ethyl adjacent to an activating group) is 1. The Morgan fingerprint density at radius 3 is 2.52 bits per heavy atom. The minimum atomic E-state index is -3.68. The molecule has 0 radical (unpaired) electrons. The molecule has 1 aromatic rings. The van der Waals surface area contributed by atoms with Gasteiger partial charge in [-0.25, -0.2) is 13.6 Å². The molecule has 3 N–H and O–H groups in total. The molecule has 1 aliphatic heterocycles. The maximum atomic E-state index is 12.1. The normalized spacial score (nSPS) is 20.4. The van der Waals surface area contributed by atoms with Crippen molar-refractivity contribution in [3.8, 4) is 0 Å². The van der Waals surface area contributed by atoms with Crippen LogP contribution in [0.1, 0.15) is 12.5 Å². The highest BCUT2D eigenvalue weighted by molar-refractivity contribution is 7.89. The molecule has 1 saturated heterocycles. The van der Waals surface area contributed by atoms with Crippen LogP contribution < -0.4 is 10.5 Å². The standard InChI is InChI=1S/C15H24N4O3S/c1-12-10-18(2)7-8-19(12)11-15(20)17-9-13-3-5-14(6-4-13)23(16,21)22/h3-6,12H,7-11H2,1-2H3,(H,17,20)(H2,16,21,22)/t12-/m0/s1. The summed E-state index contributed by atoms with van der Waals surface area (Å²) in [5.74, 6) is -0.0306. The van der Waals surface area contributed by atoms with Crippen LogP contribution in [0.15, 0.2) is 29.2 Å². The number of carbonyl (C=O) groups is 1. The SMILES string of the molecule is C[C@H]1CN(C)CCN1CC(=O)NCc1ccc(S(N)(=O)=O)cc1. The molecule has 128 valence electrons. The monoisotopic (exact) mass is 340 g/mol. The minimum Gasteiger partial charge on any atom is -0.351 e. The molecule has 0 unspecified atom stereocenters. The van der Waals surface area contributed by atoms with E-state index in [9.17, 15) is 13.2 Å². The van der Waals surface area contributed by atoms with E-state index in [1.807, 2.05) is 0 Å². The summed E-state index contributed by atoms with van der Waals surface area (Å²) in [4.78, 5) is 16.5. The van der Waals surface area contributed by atoms with Gasteiger partial charge in [0, 0.05) is 32.2 Å². The van der Waals surface area contributed by atoms with E-state index in [-0.39, 0.29) is 10.8 Å². The molecule has 1 aromatic carbocycles. The van der Waals surface area contributed by atoms with Crippen LogP contribution in [0.25, 0.3) is 0 Å². The molecule has 7 nitrogen and oxygen atoms in total. The van der Waals surface area contributed by atoms with E-state index in [1.54, 1.807) is 12.1 Å². The maximum absolute atomic E-state index is 12.1. The number of nitrogens with zero attached hydrogens (tertiary/aromatic N) is 2. The van der Waals surface area contributed by atoms with Crippen molar-refractivity contribution in [2.45, 2.75) is 24.4 Å². The molecule has 0 spiro atoms. The second kappa shape index (κ2) is 7.39. The second-order valence-electron chi connectivity index (χ2n) is 6.05. The van der Waals surface area contributed by atoms with E-state index in [0.717, 1.165) is 25.2 Å². The lowest BCUT2D eigenvalue weighted by molar-refractivity contribution is -0.123. The molecule has 1 fully saturated rings. The second-order valence-corrected chi connectivity index (χ2v) is 7.61. The first-order valence-electron chi connectivity index (χ1n) is 7.57. The number of carbonyl (C=O) groups excluding carboxylic acids is 1. The van der Waals surface area contributed by atoms with Crippen molar-refractivity contribution in [1.82, 2.24) is 15.1 Å². The van der Waals surface area contributed by atoms with Crippen molar-refractivity contribution in [3.05, 3.63) is 29.8 Å². The number of amides is 1. The van der Waals surface area contributed by atoms with Gasteiger partial charge >= 0.3 is 0 Å². The zero-order chi connectivity index (χ0) is 17.0. The molecule has 1 heterocycles. The van der Waals surface area contributed by atoms with E-state index >= 15 is 0 Å². The van der Waals surface area contributed by atoms with E-state index in [1.165, 1.54) is 12.1 Å². The van der Waals surface area contributed by atoms with Crippen molar-refractivity contribution in [2.24, 2.45) is 5.14 Å². The highest BCUT2D eigenvalue weighted by atomic mass is 32.2. The highest BCUT2D eigenvalue weighted by Gasteiger charge is 2.23. The van der Waals surface area contributed by atoms with Crippen LogP contribution in [0.5, 0.6) is 0 Å². The predicted octanol–water partition coefficient (Wildman–Crippen LogP) is -0.414. The molecule has 2 rings (SSSR count). The fraction of sp³-hybridized carbons (Fsp3) is 0.533. The topological polar surface area (TPSA) is 95.7 Å². The fourth-order valence-corrected chi connectivity index (χ4v) is 3.17. The molecule has 1 atom stereocenters. The van der Waals surface area contributed by atoms with E-state index in [4.69, 9.17) is 5.14 Å². The van der Waals surface area contributed by atoms with Gasteiger partial charge in [0.15, 0.2) is 0 Å². The van der Waals surface area contributed by atoms with Gasteiger partial charge in [0.1, 0.15) is 0 Å². The van der Waals surface area contributed by atoms with Crippen molar-refractivity contribution in [2.75, 3.05) is 33.2 Å². The first-order chi connectivity index (χ1) is 10.8. The highest BCUT2D eigenvalue weighted by Crippen LogP contribution is 2.09. The lowest BCUT2D eigenvalue weighted by atomic mass is 10.2. The molecule has 1 amide bonds. The first kappa shape index (κ1) is 17.9. The van der Waals surface area contributed by atoms with Gasteiger partial charge in [-0.3, -0.25) is 9.69 Å². The quantitative estimate of drug-likeness (QED) is 0.759. The first-order valence-corrected chi connectivity index (χ1v) is 9.11. The number of nitrogens with two attached hydrogens (primary N) is 1. The van der Waals surface area contributed by atoms with Crippen LogP contribution in [0.2, 0.25) is 0 Å². The van der Waals surface area contributed by atoms with Gasteiger partial charge in [-0.05, 0) is 31.7 Å². The Hall–Kier alpha value is -1.48. The third kappa shape index (κ3) is 5.28. The van der Waals surface area contributed by atoms with Crippen LogP contribution >= 0.6 is 0 Å². The summed E-state index contributed by atoms with van der Waals surface area (Å²) in [6.45, 7) is 5.67. The number of nitrogens with one attached hydrogen (secondary N) is 1. The average Bonchev–Trinajstić information content (AvgIpc) is 2.47. The van der Waals surface area contributed by atoms with E-state index in [2.05, 4.69) is 29.1 Å². The van der Waals surface area contributed by atoms with Gasteiger partial charge in [-0.1, -0.05) is 12.1 Å². The molecular formula is C15H24N4O3S. The number of sulfonamides is 1. The number of piperazine rings is 1. The molecule has 23 heavy (non-hydrogen) atoms. The number of benzene rings is 1. The summed E-state index contributed by atoms with van der Waals surface area (Å²) in [6.07, 6.45) is 0. The minimum absolute atomic E-state index is 0.0306. The van der Waals surface area contributed by atoms with Crippen LogP contribution in [0.3, 0.4) is 0 Å². The van der Waals surface area contributed by atoms with Crippen molar-refractivity contribution in [3.63, 3.8) is 0 Å². The molecule has 8 heteroatoms. The van der Waals surface area contributed by atoms with Gasteiger partial charge < -0.3 is 10.2 Å². The number of hydrogen-bond donors (Lipinski definition) is 2. The molecule has 0 bridgehead atoms. The summed E-state index contributed by atoms with van der Waals surface area (Å²) in [6, 6.07) is 6.55. The van der Waals surface area contributed by atoms with Gasteiger partial charge in [0.05, 0.1) is 11.4 Å². The Morgan fingerprint density at radius 1 is 1.30 bits per heavy atom. The predicted molar refractivity (Wildman–Crippen MR) is 88.2 cm³/mol. The van der Waals surface area contributed by atoms with Crippen molar-refractivity contribution in [1.29, 1.82) is 0 Å². The zero-order valence-electron chi connectivity index (χ0n) is 13.5. The number of rotatable bonds is 5. The van der Waals surface area contributed by atoms with E-state index < -0.39 is 10.0 Å². The summed E-state index contributed by atoms with van der Waals surface area (Å²) >= 11 is 0. The fourth-order valence-electron chi connectivity index (χ4n) is 2.65. The Balaban J connectivity index is 1.82. The molecule has 0 aliphatic carbocycles. The third-order valence-electron chi connectivity index (χ3n) is 4.06. The summed E-state index contributed by atoms with van der Waals surface area (Å²) in [5, 5.41) is 7.91. The van der Waals surface area contributed by atoms with Gasteiger partial charge in [-0.2, -0.15) is 0 Å². The summed E-state index contributed by atoms with van der Waals surface area (Å²) in [7, 11) is -1.60. The third-order valence-corrected chi connectivity index (χ3v) is 4.99. The molecule has 1 aliphatic rings. The molecule has 0 aromatic heterocycles. The maximum Gasteiger partial charge on any atom is 0.238 e. The van der Waals surface area contributed by atoms with Crippen LogP contribution in [-0.2, 0) is 21.4 Å². The number of primary sulfonamides is 1. The summed E-state index contributed by atoms with van der Waals surface area (Å²) in [5.41, 5.74) is 0.831. The Labute approximate surface area is 137 Å². The van der Waals surface area contributed by atoms with Gasteiger partial charge in [0.2, 0.25) is 15.9 Å². The lowest BCUT2D eigenvalue weighted by Crippen LogP contribution is -2.53. The molecule has 0 saturated carbocycles. The average molecular weight is 340 g/mol. The summed E-state index contributed by atoms with van der Waals surface area (Å²) < 4.78 is 22.4. The zero-order valence-corrected chi connectivity index (χ0v) is 14.3. The van der Waals surface area contributed by atoms with Crippen LogP contribution in [0.4, 0.5) is 0 Å². The van der Waals surface area contributed by atoms with E-state index in [0.29, 0.717) is 19.1 Å². The Kier molecular flexibility index (Phi) is 5.74. The smallest absolute Gasteiger partial charge is 0.238 e. The van der Waals surface area contributed by atoms with Gasteiger partial charge in [-0.15, -0.1) is 0 Å². The van der Waals surface area contributed by atoms with Gasteiger partial charge in [0.25, 0.3) is 0 Å². The van der Waals surface area contributed by atoms with Crippen molar-refractivity contribution >= 4 is 15.9 Å². The lowest BCUT2D eigenvalue weighted by Gasteiger charge is -2.37. The van der Waals surface area contributed by atoms with Crippen LogP contribution in [0, 0.1) is 0 Å². The number of hydrogen-bond acceptors (Lipinski definition) is 5. The molecular weight excluding hydrogens is 316 g/mol. The van der Waals surface area contributed by atoms with Crippen LogP contribution in [-0.4, -0.2) is 63.4 Å². The largest absolute Gasteiger partial charge is 0.351 e. The Bertz CT molecular complexity index is 645. The Morgan fingerprint density at radius 2 is 1.96 bits per heavy atom. The van der Waals surface area contributed by atoms with Crippen molar-refractivity contribution < 1.29 is 13.2 Å².